The van der Waals surface area contributed by atoms with Crippen molar-refractivity contribution in [2.45, 2.75) is 114 Å². The molecule has 1 aliphatic carbocycles. The molecule has 4 aromatic rings. The van der Waals surface area contributed by atoms with Gasteiger partial charge in [0.05, 0.1) is 27.2 Å². The Morgan fingerprint density at radius 3 is 2.33 bits per heavy atom. The Balaban J connectivity index is 0.831. The number of carbonyl (C=O) groups is 3. The summed E-state index contributed by atoms with van der Waals surface area (Å²) >= 11 is 1.44. The van der Waals surface area contributed by atoms with Gasteiger partial charge in [0.2, 0.25) is 33.7 Å². The van der Waals surface area contributed by atoms with E-state index in [4.69, 9.17) is 15.1 Å². The van der Waals surface area contributed by atoms with Gasteiger partial charge in [0, 0.05) is 92.6 Å². The van der Waals surface area contributed by atoms with E-state index >= 15 is 4.39 Å². The normalized spacial score (nSPS) is 22.3. The van der Waals surface area contributed by atoms with Crippen molar-refractivity contribution in [3.8, 4) is 21.8 Å². The van der Waals surface area contributed by atoms with Gasteiger partial charge in [-0.25, -0.2) is 37.9 Å². The second-order valence-corrected chi connectivity index (χ2v) is 21.4. The zero-order valence-corrected chi connectivity index (χ0v) is 38.7. The van der Waals surface area contributed by atoms with Gasteiger partial charge in [-0.15, -0.1) is 11.3 Å². The Hall–Kier alpha value is -4.91. The number of hydrogen-bond acceptors (Lipinski definition) is 13. The Morgan fingerprint density at radius 2 is 1.69 bits per heavy atom. The molecule has 1 unspecified atom stereocenters. The summed E-state index contributed by atoms with van der Waals surface area (Å²) in [5, 5.41) is 11.1. The maximum atomic E-state index is 16.3. The molecule has 4 N–H and O–H groups in total. The van der Waals surface area contributed by atoms with Crippen molar-refractivity contribution in [3.63, 3.8) is 0 Å². The van der Waals surface area contributed by atoms with Gasteiger partial charge in [-0.3, -0.25) is 24.6 Å². The zero-order chi connectivity index (χ0) is 45.3. The van der Waals surface area contributed by atoms with Crippen LogP contribution in [0, 0.1) is 11.7 Å². The predicted molar refractivity (Wildman–Crippen MR) is 245 cm³/mol. The van der Waals surface area contributed by atoms with E-state index in [-0.39, 0.29) is 58.6 Å². The SMILES string of the molecule is CCC(c1cccc(-c2nc(C(C)(C)C)sc2-c2ccnc(NC3CCC(N4CCN(C(=O)C5CCN(c6ccc([C@@H]7CCC(=O)NC7=O)cn6)CC5)CC4)CC3)n2)c1F)S(N)(=O)=O. The highest BCUT2D eigenvalue weighted by molar-refractivity contribution is 7.89. The van der Waals surface area contributed by atoms with Crippen LogP contribution in [0.4, 0.5) is 16.2 Å². The van der Waals surface area contributed by atoms with E-state index in [0.29, 0.717) is 41.1 Å². The smallest absolute Gasteiger partial charge is 0.234 e. The van der Waals surface area contributed by atoms with Crippen LogP contribution in [0.1, 0.15) is 113 Å². The molecule has 18 heteroatoms. The number of sulfonamides is 1. The number of halogens is 1. The van der Waals surface area contributed by atoms with Crippen molar-refractivity contribution >= 4 is 50.8 Å². The van der Waals surface area contributed by atoms with Crippen molar-refractivity contribution in [3.05, 3.63) is 70.7 Å². The van der Waals surface area contributed by atoms with Crippen LogP contribution in [-0.4, -0.2) is 107 Å². The number of benzene rings is 1. The summed E-state index contributed by atoms with van der Waals surface area (Å²) in [7, 11) is -4.04. The van der Waals surface area contributed by atoms with E-state index in [2.05, 4.69) is 35.3 Å². The molecule has 3 aromatic heterocycles. The minimum atomic E-state index is -4.04. The number of pyridine rings is 1. The lowest BCUT2D eigenvalue weighted by Crippen LogP contribution is -2.54. The van der Waals surface area contributed by atoms with E-state index in [1.165, 1.54) is 17.4 Å². The molecular formula is C46H59FN10O5S2. The molecule has 3 amide bonds. The molecule has 4 aliphatic rings. The number of nitrogens with two attached hydrogens (primary N) is 1. The molecular weight excluding hydrogens is 856 g/mol. The van der Waals surface area contributed by atoms with Crippen LogP contribution in [0.3, 0.4) is 0 Å². The number of anilines is 2. The number of amides is 3. The molecule has 1 aromatic carbocycles. The number of imide groups is 1. The van der Waals surface area contributed by atoms with Gasteiger partial charge in [0.25, 0.3) is 0 Å². The number of primary sulfonamides is 1. The van der Waals surface area contributed by atoms with E-state index in [9.17, 15) is 22.8 Å². The Labute approximate surface area is 378 Å². The highest BCUT2D eigenvalue weighted by Crippen LogP contribution is 2.43. The number of hydrogen-bond donors (Lipinski definition) is 3. The van der Waals surface area contributed by atoms with Crippen LogP contribution < -0.4 is 20.7 Å². The van der Waals surface area contributed by atoms with Crippen LogP contribution >= 0.6 is 11.3 Å². The highest BCUT2D eigenvalue weighted by Gasteiger charge is 2.35. The average molecular weight is 915 g/mol. The van der Waals surface area contributed by atoms with Crippen molar-refractivity contribution in [2.24, 2.45) is 11.1 Å². The minimum absolute atomic E-state index is 0.000579. The molecule has 15 nitrogen and oxygen atoms in total. The topological polar surface area (TPSA) is 197 Å². The Bertz CT molecular complexity index is 2450. The molecule has 1 saturated carbocycles. The summed E-state index contributed by atoms with van der Waals surface area (Å²) in [6.45, 7) is 12.5. The fourth-order valence-corrected chi connectivity index (χ4v) is 11.8. The molecule has 64 heavy (non-hydrogen) atoms. The van der Waals surface area contributed by atoms with E-state index in [1.54, 1.807) is 37.5 Å². The number of aromatic nitrogens is 4. The third-order valence-corrected chi connectivity index (χ3v) is 16.2. The van der Waals surface area contributed by atoms with Gasteiger partial charge in [0.15, 0.2) is 0 Å². The molecule has 0 bridgehead atoms. The number of rotatable bonds is 11. The fraction of sp³-hybridized carbons (Fsp3) is 0.543. The van der Waals surface area contributed by atoms with E-state index in [1.807, 2.05) is 32.9 Å². The van der Waals surface area contributed by atoms with Crippen LogP contribution in [0.25, 0.3) is 21.8 Å². The quantitative estimate of drug-likeness (QED) is 0.146. The molecule has 3 aliphatic heterocycles. The molecule has 0 radical (unpaired) electrons. The highest BCUT2D eigenvalue weighted by atomic mass is 32.2. The molecule has 8 rings (SSSR count). The maximum Gasteiger partial charge on any atom is 0.234 e. The lowest BCUT2D eigenvalue weighted by atomic mass is 9.89. The van der Waals surface area contributed by atoms with Gasteiger partial charge in [0.1, 0.15) is 16.9 Å². The molecule has 6 heterocycles. The van der Waals surface area contributed by atoms with Gasteiger partial charge < -0.3 is 15.1 Å². The largest absolute Gasteiger partial charge is 0.357 e. The first-order valence-corrected chi connectivity index (χ1v) is 25.0. The summed E-state index contributed by atoms with van der Waals surface area (Å²) in [4.78, 5) is 64.0. The van der Waals surface area contributed by atoms with Gasteiger partial charge >= 0.3 is 0 Å². The second-order valence-electron chi connectivity index (χ2n) is 18.6. The number of piperidine rings is 2. The van der Waals surface area contributed by atoms with Gasteiger partial charge in [-0.2, -0.15) is 0 Å². The van der Waals surface area contributed by atoms with Crippen molar-refractivity contribution < 1.29 is 27.2 Å². The first-order valence-electron chi connectivity index (χ1n) is 22.6. The number of nitrogens with zero attached hydrogens (tertiary/aromatic N) is 7. The molecule has 342 valence electrons. The summed E-state index contributed by atoms with van der Waals surface area (Å²) < 4.78 is 41.1. The maximum absolute atomic E-state index is 16.3. The molecule has 3 saturated heterocycles. The minimum Gasteiger partial charge on any atom is -0.357 e. The first kappa shape index (κ1) is 45.7. The lowest BCUT2D eigenvalue weighted by molar-refractivity contribution is -0.138. The summed E-state index contributed by atoms with van der Waals surface area (Å²) in [6, 6.07) is 11.0. The predicted octanol–water partition coefficient (Wildman–Crippen LogP) is 6.14. The van der Waals surface area contributed by atoms with Crippen LogP contribution in [0.5, 0.6) is 0 Å². The second kappa shape index (κ2) is 18.9. The standard InChI is InChI=1S/C46H59FN10O5S2/c1-5-36(64(48,61)62)33-7-6-8-34(39(33)47)40-41(63-44(54-40)46(2,3)4)35-17-20-49-45(52-35)51-30-10-12-31(13-11-30)55-23-25-57(26-24-55)43(60)28-18-21-56(22-19-28)37-15-9-29(27-50-37)32-14-16-38(58)53-42(32)59/h6-9,15,17,20,27-28,30-32,36H,5,10-14,16,18-19,21-26H2,1-4H3,(H2,48,61,62)(H,49,51,52)(H,53,58,59)/t30?,31?,32-,36?/m0/s1. The third-order valence-electron chi connectivity index (χ3n) is 13.3. The van der Waals surface area contributed by atoms with E-state index in [0.717, 1.165) is 94.2 Å². The molecule has 0 spiro atoms. The molecule has 4 fully saturated rings. The molecule has 2 atom stereocenters. The first-order chi connectivity index (χ1) is 30.6. The van der Waals surface area contributed by atoms with Gasteiger partial charge in [-0.1, -0.05) is 45.9 Å². The van der Waals surface area contributed by atoms with Gasteiger partial charge in [-0.05, 0) is 75.1 Å². The summed E-state index contributed by atoms with van der Waals surface area (Å²) in [6.07, 6.45) is 9.89. The van der Waals surface area contributed by atoms with Crippen LogP contribution in [0.2, 0.25) is 0 Å². The van der Waals surface area contributed by atoms with Crippen LogP contribution in [0.15, 0.2) is 48.8 Å². The fourth-order valence-electron chi connectivity index (χ4n) is 9.65. The number of carbonyl (C=O) groups excluding carboxylic acids is 3. The van der Waals surface area contributed by atoms with Crippen LogP contribution in [-0.2, 0) is 29.8 Å². The Kier molecular flexibility index (Phi) is 13.5. The van der Waals surface area contributed by atoms with Crippen molar-refractivity contribution in [1.82, 2.24) is 35.1 Å². The average Bonchev–Trinajstić information content (AvgIpc) is 3.74. The Morgan fingerprint density at radius 1 is 0.953 bits per heavy atom. The van der Waals surface area contributed by atoms with E-state index < -0.39 is 21.1 Å². The number of piperazine rings is 1. The third kappa shape index (κ3) is 9.99. The summed E-state index contributed by atoms with van der Waals surface area (Å²) in [5.74, 6) is 0.0774. The monoisotopic (exact) mass is 914 g/mol. The number of thiazole rings is 1. The van der Waals surface area contributed by atoms with Crippen molar-refractivity contribution in [2.75, 3.05) is 49.5 Å². The van der Waals surface area contributed by atoms with Crippen molar-refractivity contribution in [1.29, 1.82) is 0 Å². The summed E-state index contributed by atoms with van der Waals surface area (Å²) in [5.41, 5.74) is 1.71. The lowest BCUT2D eigenvalue weighted by Gasteiger charge is -2.43. The zero-order valence-electron chi connectivity index (χ0n) is 37.1. The number of nitrogens with one attached hydrogen (secondary N) is 2.